The van der Waals surface area contributed by atoms with Crippen molar-refractivity contribution in [2.24, 2.45) is 5.92 Å². The summed E-state index contributed by atoms with van der Waals surface area (Å²) in [5.74, 6) is 0.636. The van der Waals surface area contributed by atoms with Crippen LogP contribution in [0.1, 0.15) is 32.6 Å². The summed E-state index contributed by atoms with van der Waals surface area (Å²) < 4.78 is 1.34. The van der Waals surface area contributed by atoms with Crippen LogP contribution in [0, 0.1) is 5.92 Å². The SMILES string of the molecule is CC1CCC(NC(=O)Cn2cc(N)ccc2=O)CC1. The number of hydrogen-bond donors (Lipinski definition) is 2. The van der Waals surface area contributed by atoms with Gasteiger partial charge in [0.25, 0.3) is 5.56 Å². The molecule has 1 aromatic heterocycles. The number of carbonyl (C=O) groups is 1. The second-order valence-electron chi connectivity index (χ2n) is 5.45. The lowest BCUT2D eigenvalue weighted by atomic mass is 9.87. The highest BCUT2D eigenvalue weighted by atomic mass is 16.2. The molecule has 1 aliphatic rings. The van der Waals surface area contributed by atoms with Crippen molar-refractivity contribution in [1.29, 1.82) is 0 Å². The van der Waals surface area contributed by atoms with Crippen molar-refractivity contribution < 1.29 is 4.79 Å². The molecule has 1 saturated carbocycles. The molecule has 0 bridgehead atoms. The Labute approximate surface area is 112 Å². The van der Waals surface area contributed by atoms with E-state index in [1.165, 1.54) is 16.8 Å². The van der Waals surface area contributed by atoms with Crippen molar-refractivity contribution in [3.8, 4) is 0 Å². The van der Waals surface area contributed by atoms with Gasteiger partial charge in [-0.25, -0.2) is 0 Å². The Kier molecular flexibility index (Phi) is 4.24. The van der Waals surface area contributed by atoms with Crippen molar-refractivity contribution in [3.63, 3.8) is 0 Å². The third-order valence-electron chi connectivity index (χ3n) is 3.70. The van der Waals surface area contributed by atoms with Gasteiger partial charge in [0.1, 0.15) is 6.54 Å². The molecule has 1 aromatic rings. The molecule has 1 fully saturated rings. The van der Waals surface area contributed by atoms with Gasteiger partial charge in [-0.05, 0) is 37.7 Å². The number of hydrogen-bond acceptors (Lipinski definition) is 3. The molecule has 5 heteroatoms. The van der Waals surface area contributed by atoms with Crippen LogP contribution >= 0.6 is 0 Å². The number of pyridine rings is 1. The highest BCUT2D eigenvalue weighted by molar-refractivity contribution is 5.76. The van der Waals surface area contributed by atoms with Gasteiger partial charge in [0.15, 0.2) is 0 Å². The lowest BCUT2D eigenvalue weighted by molar-refractivity contribution is -0.122. The van der Waals surface area contributed by atoms with Crippen molar-refractivity contribution in [1.82, 2.24) is 9.88 Å². The topological polar surface area (TPSA) is 77.1 Å². The molecule has 3 N–H and O–H groups in total. The third kappa shape index (κ3) is 3.84. The van der Waals surface area contributed by atoms with Crippen LogP contribution in [0.25, 0.3) is 0 Å². The number of aromatic nitrogens is 1. The maximum absolute atomic E-state index is 11.9. The summed E-state index contributed by atoms with van der Waals surface area (Å²) in [6, 6.07) is 3.17. The number of nitrogens with two attached hydrogens (primary N) is 1. The zero-order chi connectivity index (χ0) is 13.8. The van der Waals surface area contributed by atoms with Gasteiger partial charge in [0.2, 0.25) is 5.91 Å². The van der Waals surface area contributed by atoms with Gasteiger partial charge < -0.3 is 15.6 Å². The molecule has 5 nitrogen and oxygen atoms in total. The van der Waals surface area contributed by atoms with Gasteiger partial charge in [-0.1, -0.05) is 6.92 Å². The monoisotopic (exact) mass is 263 g/mol. The first kappa shape index (κ1) is 13.6. The predicted molar refractivity (Wildman–Crippen MR) is 74.7 cm³/mol. The third-order valence-corrected chi connectivity index (χ3v) is 3.70. The van der Waals surface area contributed by atoms with Crippen LogP contribution in [-0.4, -0.2) is 16.5 Å². The summed E-state index contributed by atoms with van der Waals surface area (Å²) in [7, 11) is 0. The Morgan fingerprint density at radius 1 is 1.37 bits per heavy atom. The Morgan fingerprint density at radius 3 is 2.74 bits per heavy atom. The number of amides is 1. The van der Waals surface area contributed by atoms with Gasteiger partial charge >= 0.3 is 0 Å². The van der Waals surface area contributed by atoms with Gasteiger partial charge in [-0.15, -0.1) is 0 Å². The standard InChI is InChI=1S/C14H21N3O2/c1-10-2-5-12(6-3-10)16-13(18)9-17-8-11(15)4-7-14(17)19/h4,7-8,10,12H,2-3,5-6,9,15H2,1H3,(H,16,18). The fourth-order valence-corrected chi connectivity index (χ4v) is 2.51. The number of rotatable bonds is 3. The molecular formula is C14H21N3O2. The van der Waals surface area contributed by atoms with Crippen molar-refractivity contribution in [2.75, 3.05) is 5.73 Å². The summed E-state index contributed by atoms with van der Waals surface area (Å²) in [6.07, 6.45) is 5.87. The number of nitrogens with one attached hydrogen (secondary N) is 1. The minimum Gasteiger partial charge on any atom is -0.398 e. The molecule has 0 aliphatic heterocycles. The predicted octanol–water partition coefficient (Wildman–Crippen LogP) is 1.13. The van der Waals surface area contributed by atoms with Gasteiger partial charge in [-0.2, -0.15) is 0 Å². The molecule has 0 radical (unpaired) electrons. The van der Waals surface area contributed by atoms with E-state index in [0.717, 1.165) is 31.6 Å². The zero-order valence-electron chi connectivity index (χ0n) is 11.3. The second-order valence-corrected chi connectivity index (χ2v) is 5.45. The smallest absolute Gasteiger partial charge is 0.251 e. The highest BCUT2D eigenvalue weighted by Gasteiger charge is 2.19. The average molecular weight is 263 g/mol. The maximum atomic E-state index is 11.9. The van der Waals surface area contributed by atoms with Crippen LogP contribution in [0.15, 0.2) is 23.1 Å². The van der Waals surface area contributed by atoms with Crippen LogP contribution < -0.4 is 16.6 Å². The fourth-order valence-electron chi connectivity index (χ4n) is 2.51. The second kappa shape index (κ2) is 5.91. The lowest BCUT2D eigenvalue weighted by Gasteiger charge is -2.27. The number of anilines is 1. The molecule has 1 aliphatic carbocycles. The van der Waals surface area contributed by atoms with E-state index in [1.54, 1.807) is 6.07 Å². The minimum atomic E-state index is -0.207. The first-order chi connectivity index (χ1) is 9.04. The molecule has 104 valence electrons. The Hall–Kier alpha value is -1.78. The quantitative estimate of drug-likeness (QED) is 0.858. The van der Waals surface area contributed by atoms with E-state index in [0.29, 0.717) is 5.69 Å². The summed E-state index contributed by atoms with van der Waals surface area (Å²) in [4.78, 5) is 23.5. The van der Waals surface area contributed by atoms with Gasteiger partial charge in [0, 0.05) is 24.0 Å². The molecule has 0 spiro atoms. The number of nitrogens with zero attached hydrogens (tertiary/aromatic N) is 1. The summed E-state index contributed by atoms with van der Waals surface area (Å²) >= 11 is 0. The van der Waals surface area contributed by atoms with E-state index in [1.807, 2.05) is 0 Å². The average Bonchev–Trinajstić information content (AvgIpc) is 2.37. The van der Waals surface area contributed by atoms with E-state index in [2.05, 4.69) is 12.2 Å². The highest BCUT2D eigenvalue weighted by Crippen LogP contribution is 2.23. The number of nitrogen functional groups attached to an aromatic ring is 1. The van der Waals surface area contributed by atoms with E-state index in [-0.39, 0.29) is 24.1 Å². The molecular weight excluding hydrogens is 242 g/mol. The first-order valence-electron chi connectivity index (χ1n) is 6.80. The van der Waals surface area contributed by atoms with Crippen LogP contribution in [0.5, 0.6) is 0 Å². The van der Waals surface area contributed by atoms with Crippen molar-refractivity contribution in [3.05, 3.63) is 28.7 Å². The fraction of sp³-hybridized carbons (Fsp3) is 0.571. The van der Waals surface area contributed by atoms with E-state index in [9.17, 15) is 9.59 Å². The maximum Gasteiger partial charge on any atom is 0.251 e. The Bertz CT molecular complexity index is 502. The van der Waals surface area contributed by atoms with Gasteiger partial charge in [-0.3, -0.25) is 9.59 Å². The molecule has 0 aromatic carbocycles. The summed E-state index contributed by atoms with van der Waals surface area (Å²) in [5, 5.41) is 3.00. The Balaban J connectivity index is 1.90. The Morgan fingerprint density at radius 2 is 2.05 bits per heavy atom. The molecule has 0 saturated heterocycles. The van der Waals surface area contributed by atoms with Crippen LogP contribution in [0.3, 0.4) is 0 Å². The normalized spacial score (nSPS) is 23.0. The van der Waals surface area contributed by atoms with E-state index < -0.39 is 0 Å². The molecule has 1 amide bonds. The van der Waals surface area contributed by atoms with Crippen LogP contribution in [0.2, 0.25) is 0 Å². The molecule has 0 unspecified atom stereocenters. The molecule has 0 atom stereocenters. The van der Waals surface area contributed by atoms with Crippen LogP contribution in [-0.2, 0) is 11.3 Å². The van der Waals surface area contributed by atoms with Gasteiger partial charge in [0.05, 0.1) is 0 Å². The first-order valence-corrected chi connectivity index (χ1v) is 6.80. The number of carbonyl (C=O) groups excluding carboxylic acids is 1. The summed E-state index contributed by atoms with van der Waals surface area (Å²) in [5.41, 5.74) is 5.89. The van der Waals surface area contributed by atoms with E-state index >= 15 is 0 Å². The molecule has 2 rings (SSSR count). The van der Waals surface area contributed by atoms with E-state index in [4.69, 9.17) is 5.73 Å². The van der Waals surface area contributed by atoms with Crippen molar-refractivity contribution in [2.45, 2.75) is 45.2 Å². The largest absolute Gasteiger partial charge is 0.398 e. The zero-order valence-corrected chi connectivity index (χ0v) is 11.3. The molecule has 1 heterocycles. The molecule has 19 heavy (non-hydrogen) atoms. The van der Waals surface area contributed by atoms with Crippen LogP contribution in [0.4, 0.5) is 5.69 Å². The summed E-state index contributed by atoms with van der Waals surface area (Å²) in [6.45, 7) is 2.28. The lowest BCUT2D eigenvalue weighted by Crippen LogP contribution is -2.40. The minimum absolute atomic E-state index is 0.0376. The van der Waals surface area contributed by atoms with Crippen molar-refractivity contribution >= 4 is 11.6 Å².